The Morgan fingerprint density at radius 1 is 1.38 bits per heavy atom. The summed E-state index contributed by atoms with van der Waals surface area (Å²) < 4.78 is 10.6. The van der Waals surface area contributed by atoms with Crippen molar-refractivity contribution in [3.63, 3.8) is 0 Å². The Hall–Kier alpha value is -3.72. The maximum atomic E-state index is 12.4. The molecule has 1 aliphatic rings. The summed E-state index contributed by atoms with van der Waals surface area (Å²) in [5, 5.41) is 16.0. The van der Waals surface area contributed by atoms with E-state index in [0.717, 1.165) is 22.4 Å². The highest BCUT2D eigenvalue weighted by molar-refractivity contribution is 7.14. The summed E-state index contributed by atoms with van der Waals surface area (Å²) in [6.07, 6.45) is 6.56. The average molecular weight is 480 g/mol. The zero-order valence-electron chi connectivity index (χ0n) is 19.2. The first-order valence-electron chi connectivity index (χ1n) is 10.8. The van der Waals surface area contributed by atoms with E-state index in [-0.39, 0.29) is 23.8 Å². The number of amides is 1. The van der Waals surface area contributed by atoms with E-state index < -0.39 is 5.97 Å². The highest BCUT2D eigenvalue weighted by Gasteiger charge is 2.31. The Morgan fingerprint density at radius 3 is 2.94 bits per heavy atom. The summed E-state index contributed by atoms with van der Waals surface area (Å²) in [7, 11) is 1.54. The Balaban J connectivity index is 1.38. The van der Waals surface area contributed by atoms with Gasteiger partial charge >= 0.3 is 5.97 Å². The third kappa shape index (κ3) is 4.79. The average Bonchev–Trinajstić information content (AvgIpc) is 3.46. The molecule has 0 radical (unpaired) electrons. The lowest BCUT2D eigenvalue weighted by atomic mass is 9.94. The monoisotopic (exact) mass is 479 g/mol. The minimum Gasteiger partial charge on any atom is -0.507 e. The van der Waals surface area contributed by atoms with Gasteiger partial charge in [0.05, 0.1) is 12.8 Å². The number of rotatable bonds is 8. The summed E-state index contributed by atoms with van der Waals surface area (Å²) >= 11 is 1.37. The second kappa shape index (κ2) is 10.0. The van der Waals surface area contributed by atoms with Crippen LogP contribution in [0.4, 0.5) is 5.13 Å². The number of thiazole rings is 1. The van der Waals surface area contributed by atoms with E-state index in [0.29, 0.717) is 41.3 Å². The fraction of sp³-hybridized carbons (Fsp3) is 0.280. The van der Waals surface area contributed by atoms with Gasteiger partial charge < -0.3 is 19.9 Å². The van der Waals surface area contributed by atoms with Gasteiger partial charge in [0.2, 0.25) is 5.91 Å². The Bertz CT molecular complexity index is 1270. The molecule has 0 unspecified atom stereocenters. The smallest absolute Gasteiger partial charge is 0.342 e. The van der Waals surface area contributed by atoms with Gasteiger partial charge in [-0.05, 0) is 44.4 Å². The molecular formula is C25H25N3O5S. The molecule has 0 spiro atoms. The van der Waals surface area contributed by atoms with Crippen LogP contribution in [0.15, 0.2) is 41.6 Å². The number of fused-ring (bicyclic) bond motifs is 1. The topological polar surface area (TPSA) is 111 Å². The molecule has 0 saturated heterocycles. The number of benzene rings is 1. The molecule has 0 aliphatic carbocycles. The molecule has 0 fully saturated rings. The first-order chi connectivity index (χ1) is 16.4. The molecule has 8 nitrogen and oxygen atoms in total. The van der Waals surface area contributed by atoms with Crippen LogP contribution in [0.1, 0.15) is 46.8 Å². The molecule has 0 bridgehead atoms. The zero-order valence-corrected chi connectivity index (χ0v) is 20.0. The normalized spacial score (nSPS) is 12.9. The molecule has 34 heavy (non-hydrogen) atoms. The summed E-state index contributed by atoms with van der Waals surface area (Å²) in [5.41, 5.74) is 4.84. The number of hydrogen-bond acceptors (Lipinski definition) is 8. The van der Waals surface area contributed by atoms with E-state index >= 15 is 0 Å². The Kier molecular flexibility index (Phi) is 6.93. The van der Waals surface area contributed by atoms with E-state index in [4.69, 9.17) is 9.47 Å². The number of cyclic esters (lactones) is 1. The molecule has 3 aromatic rings. The number of hydrogen-bond donors (Lipinski definition) is 2. The fourth-order valence-corrected chi connectivity index (χ4v) is 4.61. The van der Waals surface area contributed by atoms with Gasteiger partial charge in [0.1, 0.15) is 23.7 Å². The van der Waals surface area contributed by atoms with Crippen LogP contribution in [-0.2, 0) is 22.6 Å². The molecule has 1 amide bonds. The first kappa shape index (κ1) is 23.4. The standard InChI is InChI=1S/C25H25N3O5S/c1-14(6-8-17-22(30)21-18(12-33-24(21)31)15(2)23(17)32-3)7-9-20(29)28-25-27-19(13-34-25)16-5-4-10-26-11-16/h4-6,10-11,13,30H,7-9,12H2,1-3H3,(H,27,28,29)/b14-6+. The van der Waals surface area contributed by atoms with Crippen LogP contribution in [0.3, 0.4) is 0 Å². The third-order valence-corrected chi connectivity index (χ3v) is 6.51. The number of aromatic nitrogens is 2. The summed E-state index contributed by atoms with van der Waals surface area (Å²) in [6.45, 7) is 3.91. The van der Waals surface area contributed by atoms with Gasteiger partial charge in [-0.15, -0.1) is 11.3 Å². The fourth-order valence-electron chi connectivity index (χ4n) is 3.88. The number of carbonyl (C=O) groups excluding carboxylic acids is 2. The quantitative estimate of drug-likeness (QED) is 0.352. The minimum absolute atomic E-state index is 0.102. The molecule has 1 aliphatic heterocycles. The van der Waals surface area contributed by atoms with Crippen molar-refractivity contribution >= 4 is 28.3 Å². The van der Waals surface area contributed by atoms with Crippen molar-refractivity contribution in [1.29, 1.82) is 0 Å². The largest absolute Gasteiger partial charge is 0.507 e. The van der Waals surface area contributed by atoms with Crippen LogP contribution in [-0.4, -0.2) is 34.1 Å². The van der Waals surface area contributed by atoms with E-state index in [1.54, 1.807) is 12.4 Å². The number of carbonyl (C=O) groups is 2. The molecule has 3 heterocycles. The number of esters is 1. The lowest BCUT2D eigenvalue weighted by Crippen LogP contribution is -2.11. The van der Waals surface area contributed by atoms with E-state index in [1.807, 2.05) is 37.4 Å². The maximum Gasteiger partial charge on any atom is 0.342 e. The molecule has 176 valence electrons. The van der Waals surface area contributed by atoms with Crippen LogP contribution in [0.5, 0.6) is 11.5 Å². The number of methoxy groups -OCH3 is 1. The zero-order chi connectivity index (χ0) is 24.2. The molecular weight excluding hydrogens is 454 g/mol. The maximum absolute atomic E-state index is 12.4. The lowest BCUT2D eigenvalue weighted by molar-refractivity contribution is -0.116. The van der Waals surface area contributed by atoms with Gasteiger partial charge in [0.25, 0.3) is 0 Å². The van der Waals surface area contributed by atoms with Crippen molar-refractivity contribution in [3.8, 4) is 22.8 Å². The highest BCUT2D eigenvalue weighted by Crippen LogP contribution is 2.42. The SMILES string of the molecule is COc1c(C)c2c(c(O)c1C/C=C(\C)CCC(=O)Nc1nc(-c3cccnc3)cs1)C(=O)OC2. The van der Waals surface area contributed by atoms with Crippen molar-refractivity contribution in [1.82, 2.24) is 9.97 Å². The molecule has 2 N–H and O–H groups in total. The van der Waals surface area contributed by atoms with Crippen LogP contribution in [0.2, 0.25) is 0 Å². The van der Waals surface area contributed by atoms with E-state index in [9.17, 15) is 14.7 Å². The predicted molar refractivity (Wildman–Crippen MR) is 129 cm³/mol. The van der Waals surface area contributed by atoms with Crippen molar-refractivity contribution in [2.45, 2.75) is 39.7 Å². The number of nitrogens with one attached hydrogen (secondary N) is 1. The van der Waals surface area contributed by atoms with Crippen molar-refractivity contribution in [2.24, 2.45) is 0 Å². The predicted octanol–water partition coefficient (Wildman–Crippen LogP) is 4.81. The van der Waals surface area contributed by atoms with Gasteiger partial charge in [0, 0.05) is 40.9 Å². The molecule has 0 atom stereocenters. The lowest BCUT2D eigenvalue weighted by Gasteiger charge is -2.15. The molecule has 4 rings (SSSR count). The number of anilines is 1. The molecule has 1 aromatic carbocycles. The van der Waals surface area contributed by atoms with Crippen LogP contribution >= 0.6 is 11.3 Å². The van der Waals surface area contributed by atoms with Crippen LogP contribution in [0, 0.1) is 6.92 Å². The number of pyridine rings is 1. The number of aromatic hydroxyl groups is 1. The van der Waals surface area contributed by atoms with Gasteiger partial charge in [-0.1, -0.05) is 11.6 Å². The number of phenolic OH excluding ortho intramolecular Hbond substituents is 1. The number of ether oxygens (including phenoxy) is 2. The summed E-state index contributed by atoms with van der Waals surface area (Å²) in [4.78, 5) is 33.0. The van der Waals surface area contributed by atoms with Crippen molar-refractivity contribution in [3.05, 3.63) is 63.8 Å². The summed E-state index contributed by atoms with van der Waals surface area (Å²) in [5.74, 6) is -0.207. The molecule has 9 heteroatoms. The van der Waals surface area contributed by atoms with Gasteiger partial charge in [-0.25, -0.2) is 9.78 Å². The van der Waals surface area contributed by atoms with E-state index in [2.05, 4.69) is 15.3 Å². The summed E-state index contributed by atoms with van der Waals surface area (Å²) in [6, 6.07) is 3.76. The second-order valence-corrected chi connectivity index (χ2v) is 8.86. The second-order valence-electron chi connectivity index (χ2n) is 8.00. The van der Waals surface area contributed by atoms with Crippen LogP contribution < -0.4 is 10.1 Å². The Morgan fingerprint density at radius 2 is 2.21 bits per heavy atom. The highest BCUT2D eigenvalue weighted by atomic mass is 32.1. The minimum atomic E-state index is -0.522. The Labute approximate surface area is 201 Å². The number of phenols is 1. The van der Waals surface area contributed by atoms with Crippen molar-refractivity contribution < 1.29 is 24.2 Å². The molecule has 0 saturated carbocycles. The molecule has 2 aromatic heterocycles. The third-order valence-electron chi connectivity index (χ3n) is 5.76. The first-order valence-corrected chi connectivity index (χ1v) is 11.7. The van der Waals surface area contributed by atoms with Gasteiger partial charge in [-0.3, -0.25) is 9.78 Å². The van der Waals surface area contributed by atoms with Gasteiger partial charge in [0.15, 0.2) is 5.13 Å². The number of nitrogens with zero attached hydrogens (tertiary/aromatic N) is 2. The number of allylic oxidation sites excluding steroid dienone is 2. The van der Waals surface area contributed by atoms with Gasteiger partial charge in [-0.2, -0.15) is 0 Å². The van der Waals surface area contributed by atoms with Crippen molar-refractivity contribution in [2.75, 3.05) is 12.4 Å². The van der Waals surface area contributed by atoms with Crippen LogP contribution in [0.25, 0.3) is 11.3 Å². The van der Waals surface area contributed by atoms with E-state index in [1.165, 1.54) is 18.4 Å².